The predicted octanol–water partition coefficient (Wildman–Crippen LogP) is 1.33. The fraction of sp³-hybridized carbons (Fsp3) is 0.667. The van der Waals surface area contributed by atoms with Gasteiger partial charge < -0.3 is 4.90 Å². The molecule has 0 spiro atoms. The van der Waals surface area contributed by atoms with E-state index in [0.717, 1.165) is 0 Å². The van der Waals surface area contributed by atoms with Crippen molar-refractivity contribution in [2.45, 2.75) is 13.8 Å². The van der Waals surface area contributed by atoms with Crippen molar-refractivity contribution >= 4 is 5.78 Å². The molecule has 0 bridgehead atoms. The van der Waals surface area contributed by atoms with Crippen molar-refractivity contribution < 1.29 is 13.0 Å². The van der Waals surface area contributed by atoms with Gasteiger partial charge in [-0.1, -0.05) is 19.9 Å². The number of hydrogen-bond donors (Lipinski definition) is 0. The third-order valence-corrected chi connectivity index (χ3v) is 1.14. The molecule has 0 heterocycles. The second-order valence-corrected chi connectivity index (χ2v) is 2.57. The minimum absolute atomic E-state index is 0.166. The molecule has 64 valence electrons. The number of rotatable bonds is 4. The van der Waals surface area contributed by atoms with E-state index in [0.29, 0.717) is 4.90 Å². The lowest BCUT2D eigenvalue weighted by molar-refractivity contribution is -0.117. The highest BCUT2D eigenvalue weighted by Crippen LogP contribution is 1.94. The van der Waals surface area contributed by atoms with Crippen molar-refractivity contribution in [3.63, 3.8) is 0 Å². The average molecular weight is 161 g/mol. The Bertz CT molecular complexity index is 277. The first-order valence-electron chi connectivity index (χ1n) is 6.44. The summed E-state index contributed by atoms with van der Waals surface area (Å²) < 4.78 is 42.6. The summed E-state index contributed by atoms with van der Waals surface area (Å²) in [5.74, 6) is -0.360. The number of allylic oxidation sites excluding steroid dienone is 1. The van der Waals surface area contributed by atoms with Crippen molar-refractivity contribution in [2.24, 2.45) is 5.92 Å². The van der Waals surface area contributed by atoms with Crippen molar-refractivity contribution in [1.82, 2.24) is 4.90 Å². The standard InChI is InChI=1S/C9H17NO/c1-8(2)9(11)6-5-7-10(3)4/h5-6,8H,7H2,1-4H3/b6-5+/i3D3,4D3. The minimum atomic E-state index is -2.71. The van der Waals surface area contributed by atoms with Crippen molar-refractivity contribution in [2.75, 3.05) is 20.5 Å². The number of ketones is 1. The lowest BCUT2D eigenvalue weighted by atomic mass is 10.1. The maximum absolute atomic E-state index is 11.2. The largest absolute Gasteiger partial charge is 0.306 e. The van der Waals surface area contributed by atoms with Crippen molar-refractivity contribution in [3.8, 4) is 0 Å². The zero-order valence-electron chi connectivity index (χ0n) is 12.8. The number of likely N-dealkylation sites (N-methyl/N-ethyl adjacent to an activating group) is 1. The number of hydrogen-bond acceptors (Lipinski definition) is 2. The molecule has 0 aromatic heterocycles. The summed E-state index contributed by atoms with van der Waals surface area (Å²) in [5, 5.41) is 0. The van der Waals surface area contributed by atoms with E-state index in [2.05, 4.69) is 0 Å². The molecule has 2 nitrogen and oxygen atoms in total. The van der Waals surface area contributed by atoms with Gasteiger partial charge in [0.25, 0.3) is 0 Å². The van der Waals surface area contributed by atoms with Crippen LogP contribution in [0.5, 0.6) is 0 Å². The van der Waals surface area contributed by atoms with E-state index in [1.165, 1.54) is 12.2 Å². The molecule has 2 heteroatoms. The number of carbonyl (C=O) groups is 1. The van der Waals surface area contributed by atoms with Gasteiger partial charge in [-0.2, -0.15) is 0 Å². The Balaban J connectivity index is 4.65. The highest BCUT2D eigenvalue weighted by molar-refractivity contribution is 5.91. The van der Waals surface area contributed by atoms with E-state index in [1.54, 1.807) is 13.8 Å². The highest BCUT2D eigenvalue weighted by atomic mass is 16.1. The second-order valence-electron chi connectivity index (χ2n) is 2.57. The molecule has 11 heavy (non-hydrogen) atoms. The molecule has 0 aliphatic rings. The Morgan fingerprint density at radius 1 is 1.64 bits per heavy atom. The molecule has 0 saturated carbocycles. The van der Waals surface area contributed by atoms with Gasteiger partial charge in [-0.05, 0) is 20.0 Å². The fourth-order valence-electron chi connectivity index (χ4n) is 0.467. The van der Waals surface area contributed by atoms with Gasteiger partial charge in [-0.15, -0.1) is 0 Å². The zero-order chi connectivity index (χ0) is 13.9. The molecule has 0 unspecified atom stereocenters. The lowest BCUT2D eigenvalue weighted by Crippen LogP contribution is -2.11. The maximum atomic E-state index is 11.2. The van der Waals surface area contributed by atoms with Crippen LogP contribution in [0.1, 0.15) is 22.1 Å². The Morgan fingerprint density at radius 2 is 2.27 bits per heavy atom. The Hall–Kier alpha value is -0.630. The summed E-state index contributed by atoms with van der Waals surface area (Å²) in [4.78, 5) is 11.6. The molecular weight excluding hydrogens is 138 g/mol. The topological polar surface area (TPSA) is 20.3 Å². The van der Waals surface area contributed by atoms with Crippen LogP contribution in [0.3, 0.4) is 0 Å². The summed E-state index contributed by atoms with van der Waals surface area (Å²) in [6.45, 7) is -2.33. The molecule has 0 fully saturated rings. The van der Waals surface area contributed by atoms with Crippen LogP contribution < -0.4 is 0 Å². The first-order valence-corrected chi connectivity index (χ1v) is 3.44. The van der Waals surface area contributed by atoms with E-state index < -0.39 is 14.0 Å². The van der Waals surface area contributed by atoms with Crippen LogP contribution in [0.15, 0.2) is 12.2 Å². The molecule has 0 radical (unpaired) electrons. The van der Waals surface area contributed by atoms with Crippen LogP contribution in [0, 0.1) is 5.92 Å². The lowest BCUT2D eigenvalue weighted by Gasteiger charge is -2.03. The third-order valence-electron chi connectivity index (χ3n) is 1.14. The Labute approximate surface area is 77.3 Å². The molecule has 0 N–H and O–H groups in total. The third kappa shape index (κ3) is 5.80. The van der Waals surface area contributed by atoms with Crippen LogP contribution in [-0.4, -0.2) is 31.2 Å². The molecule has 0 saturated heterocycles. The number of carbonyl (C=O) groups excluding carboxylic acids is 1. The smallest absolute Gasteiger partial charge is 0.157 e. The molecule has 0 rings (SSSR count). The quantitative estimate of drug-likeness (QED) is 0.580. The van der Waals surface area contributed by atoms with Gasteiger partial charge in [-0.3, -0.25) is 4.79 Å². The maximum Gasteiger partial charge on any atom is 0.157 e. The highest BCUT2D eigenvalue weighted by Gasteiger charge is 2.00. The minimum Gasteiger partial charge on any atom is -0.306 e. The molecule has 0 atom stereocenters. The van der Waals surface area contributed by atoms with E-state index in [-0.39, 0.29) is 18.2 Å². The van der Waals surface area contributed by atoms with Gasteiger partial charge in [0, 0.05) is 20.7 Å². The first kappa shape index (κ1) is 3.85. The van der Waals surface area contributed by atoms with Gasteiger partial charge >= 0.3 is 0 Å². The van der Waals surface area contributed by atoms with Crippen LogP contribution in [-0.2, 0) is 4.79 Å². The summed E-state index contributed by atoms with van der Waals surface area (Å²) in [5.41, 5.74) is 0. The molecule has 0 amide bonds. The normalized spacial score (nSPS) is 22.2. The predicted molar refractivity (Wildman–Crippen MR) is 47.5 cm³/mol. The van der Waals surface area contributed by atoms with Crippen LogP contribution in [0.4, 0.5) is 0 Å². The van der Waals surface area contributed by atoms with Crippen LogP contribution in [0.25, 0.3) is 0 Å². The number of nitrogens with zero attached hydrogens (tertiary/aromatic N) is 1. The van der Waals surface area contributed by atoms with Gasteiger partial charge in [-0.25, -0.2) is 0 Å². The van der Waals surface area contributed by atoms with Crippen LogP contribution in [0.2, 0.25) is 0 Å². The molecular formula is C9H17NO. The van der Waals surface area contributed by atoms with E-state index in [4.69, 9.17) is 8.22 Å². The molecule has 0 aromatic rings. The second kappa shape index (κ2) is 5.08. The zero-order valence-corrected chi connectivity index (χ0v) is 6.79. The van der Waals surface area contributed by atoms with E-state index in [1.807, 2.05) is 0 Å². The van der Waals surface area contributed by atoms with Crippen LogP contribution >= 0.6 is 0 Å². The van der Waals surface area contributed by atoms with Gasteiger partial charge in [0.05, 0.1) is 0 Å². The average Bonchev–Trinajstić information content (AvgIpc) is 2.07. The summed E-state index contributed by atoms with van der Waals surface area (Å²) >= 11 is 0. The summed E-state index contributed by atoms with van der Waals surface area (Å²) in [6.07, 6.45) is 2.48. The Morgan fingerprint density at radius 3 is 2.73 bits per heavy atom. The van der Waals surface area contributed by atoms with Gasteiger partial charge in [0.15, 0.2) is 5.78 Å². The molecule has 0 aliphatic carbocycles. The van der Waals surface area contributed by atoms with Gasteiger partial charge in [0.1, 0.15) is 0 Å². The summed E-state index contributed by atoms with van der Waals surface area (Å²) in [6, 6.07) is 0. The van der Waals surface area contributed by atoms with Crippen molar-refractivity contribution in [1.29, 1.82) is 0 Å². The first-order chi connectivity index (χ1) is 7.46. The van der Waals surface area contributed by atoms with E-state index in [9.17, 15) is 4.79 Å². The molecule has 0 aromatic carbocycles. The fourth-order valence-corrected chi connectivity index (χ4v) is 0.467. The molecule has 0 aliphatic heterocycles. The monoisotopic (exact) mass is 161 g/mol. The summed E-state index contributed by atoms with van der Waals surface area (Å²) in [7, 11) is 0. The Kier molecular flexibility index (Phi) is 1.78. The van der Waals surface area contributed by atoms with Gasteiger partial charge in [0.2, 0.25) is 0 Å². The SMILES string of the molecule is [2H]C([2H])([2H])N(C/C=C/C(=O)C(C)C)C([2H])([2H])[2H]. The van der Waals surface area contributed by atoms with E-state index >= 15 is 0 Å². The van der Waals surface area contributed by atoms with Crippen molar-refractivity contribution in [3.05, 3.63) is 12.2 Å².